The quantitative estimate of drug-likeness (QED) is 0.445. The van der Waals surface area contributed by atoms with Gasteiger partial charge in [-0.15, -0.1) is 0 Å². The lowest BCUT2D eigenvalue weighted by Gasteiger charge is -2.40. The Bertz CT molecular complexity index is 1000. The normalized spacial score (nSPS) is 18.4. The van der Waals surface area contributed by atoms with E-state index in [0.29, 0.717) is 23.8 Å². The zero-order chi connectivity index (χ0) is 23.4. The third-order valence-electron chi connectivity index (χ3n) is 6.70. The van der Waals surface area contributed by atoms with E-state index in [-0.39, 0.29) is 30.2 Å². The molecule has 1 fully saturated rings. The predicted octanol–water partition coefficient (Wildman–Crippen LogP) is 4.70. The third kappa shape index (κ3) is 4.89. The van der Waals surface area contributed by atoms with E-state index in [1.54, 1.807) is 26.4 Å². The van der Waals surface area contributed by atoms with Crippen molar-refractivity contribution in [1.29, 1.82) is 0 Å². The first-order valence-electron chi connectivity index (χ1n) is 11.4. The molecule has 0 radical (unpaired) electrons. The summed E-state index contributed by atoms with van der Waals surface area (Å²) in [5.74, 6) is 2.05. The fourth-order valence-electron chi connectivity index (χ4n) is 4.89. The van der Waals surface area contributed by atoms with Gasteiger partial charge in [-0.2, -0.15) is 0 Å². The van der Waals surface area contributed by atoms with E-state index in [4.69, 9.17) is 14.2 Å². The molecule has 0 spiro atoms. The monoisotopic (exact) mass is 454 g/mol. The first kappa shape index (κ1) is 22.9. The Labute approximate surface area is 193 Å². The zero-order valence-electron chi connectivity index (χ0n) is 19.1. The molecule has 1 heterocycles. The molecule has 2 aromatic rings. The van der Waals surface area contributed by atoms with Gasteiger partial charge in [-0.1, -0.05) is 19.3 Å². The second-order valence-electron chi connectivity index (χ2n) is 8.60. The van der Waals surface area contributed by atoms with E-state index < -0.39 is 4.92 Å². The van der Waals surface area contributed by atoms with Gasteiger partial charge in [0.1, 0.15) is 12.4 Å². The third-order valence-corrected chi connectivity index (χ3v) is 6.70. The van der Waals surface area contributed by atoms with Crippen molar-refractivity contribution in [3.63, 3.8) is 0 Å². The number of carbonyl (C=O) groups excluding carboxylic acids is 1. The number of hydrogen-bond acceptors (Lipinski definition) is 6. The average molecular weight is 455 g/mol. The molecule has 0 saturated heterocycles. The average Bonchev–Trinajstić information content (AvgIpc) is 2.86. The molecule has 176 valence electrons. The van der Waals surface area contributed by atoms with E-state index in [2.05, 4.69) is 0 Å². The van der Waals surface area contributed by atoms with Gasteiger partial charge >= 0.3 is 0 Å². The SMILES string of the molecule is COc1cc2c(cc1OC)[C@H](COc1ccc([N+](=O)[O-])cc1)N(C(=O)C1CCCCC1)CC2. The van der Waals surface area contributed by atoms with Crippen LogP contribution >= 0.6 is 0 Å². The Balaban J connectivity index is 1.62. The first-order chi connectivity index (χ1) is 16.0. The highest BCUT2D eigenvalue weighted by Crippen LogP contribution is 2.40. The van der Waals surface area contributed by atoms with Crippen molar-refractivity contribution in [1.82, 2.24) is 4.90 Å². The molecule has 33 heavy (non-hydrogen) atoms. The molecular formula is C25H30N2O6. The van der Waals surface area contributed by atoms with Crippen molar-refractivity contribution in [2.24, 2.45) is 5.92 Å². The molecule has 0 bridgehead atoms. The van der Waals surface area contributed by atoms with Gasteiger partial charge in [0.25, 0.3) is 5.69 Å². The molecule has 1 aliphatic carbocycles. The number of nitro benzene ring substituents is 1. The molecule has 0 N–H and O–H groups in total. The van der Waals surface area contributed by atoms with Crippen LogP contribution in [0.15, 0.2) is 36.4 Å². The van der Waals surface area contributed by atoms with E-state index in [0.717, 1.165) is 43.2 Å². The van der Waals surface area contributed by atoms with E-state index in [9.17, 15) is 14.9 Å². The van der Waals surface area contributed by atoms with Crippen LogP contribution < -0.4 is 14.2 Å². The van der Waals surface area contributed by atoms with Gasteiger partial charge in [0, 0.05) is 24.6 Å². The molecule has 2 aliphatic rings. The van der Waals surface area contributed by atoms with Gasteiger partial charge in [0.2, 0.25) is 5.91 Å². The molecule has 1 amide bonds. The van der Waals surface area contributed by atoms with Crippen LogP contribution in [0.3, 0.4) is 0 Å². The summed E-state index contributed by atoms with van der Waals surface area (Å²) in [5.41, 5.74) is 2.11. The summed E-state index contributed by atoms with van der Waals surface area (Å²) in [6.45, 7) is 0.866. The fraction of sp³-hybridized carbons (Fsp3) is 0.480. The number of nitro groups is 1. The highest BCUT2D eigenvalue weighted by molar-refractivity contribution is 5.80. The number of fused-ring (bicyclic) bond motifs is 1. The molecule has 8 nitrogen and oxygen atoms in total. The topological polar surface area (TPSA) is 91.1 Å². The number of methoxy groups -OCH3 is 2. The Kier molecular flexibility index (Phi) is 7.01. The molecule has 0 aromatic heterocycles. The van der Waals surface area contributed by atoms with E-state index in [1.807, 2.05) is 17.0 Å². The summed E-state index contributed by atoms with van der Waals surface area (Å²) in [7, 11) is 3.21. The van der Waals surface area contributed by atoms with Crippen molar-refractivity contribution >= 4 is 11.6 Å². The van der Waals surface area contributed by atoms with Crippen LogP contribution in [0.4, 0.5) is 5.69 Å². The van der Waals surface area contributed by atoms with Crippen molar-refractivity contribution in [3.8, 4) is 17.2 Å². The second-order valence-corrected chi connectivity index (χ2v) is 8.60. The summed E-state index contributed by atoms with van der Waals surface area (Å²) in [5, 5.41) is 10.9. The Hall–Kier alpha value is -3.29. The van der Waals surface area contributed by atoms with Crippen LogP contribution in [0.2, 0.25) is 0 Å². The van der Waals surface area contributed by atoms with Crippen LogP contribution in [-0.4, -0.2) is 43.1 Å². The molecule has 4 rings (SSSR count). The molecule has 2 aromatic carbocycles. The number of rotatable bonds is 7. The highest BCUT2D eigenvalue weighted by atomic mass is 16.6. The van der Waals surface area contributed by atoms with Crippen molar-refractivity contribution in [2.45, 2.75) is 44.6 Å². The van der Waals surface area contributed by atoms with Crippen LogP contribution in [0.1, 0.15) is 49.3 Å². The minimum Gasteiger partial charge on any atom is -0.493 e. The number of amides is 1. The van der Waals surface area contributed by atoms with Gasteiger partial charge in [0.15, 0.2) is 11.5 Å². The van der Waals surface area contributed by atoms with Gasteiger partial charge in [-0.05, 0) is 54.7 Å². The lowest BCUT2D eigenvalue weighted by Crippen LogP contribution is -2.45. The predicted molar refractivity (Wildman–Crippen MR) is 123 cm³/mol. The zero-order valence-corrected chi connectivity index (χ0v) is 19.1. The number of benzene rings is 2. The minimum absolute atomic E-state index is 0.0105. The minimum atomic E-state index is -0.439. The van der Waals surface area contributed by atoms with Crippen LogP contribution in [0.25, 0.3) is 0 Å². The number of nitrogens with zero attached hydrogens (tertiary/aromatic N) is 2. The number of non-ortho nitro benzene ring substituents is 1. The smallest absolute Gasteiger partial charge is 0.269 e. The Morgan fingerprint density at radius 2 is 1.73 bits per heavy atom. The largest absolute Gasteiger partial charge is 0.493 e. The summed E-state index contributed by atoms with van der Waals surface area (Å²) < 4.78 is 17.0. The lowest BCUT2D eigenvalue weighted by molar-refractivity contribution is -0.384. The van der Waals surface area contributed by atoms with Gasteiger partial charge < -0.3 is 19.1 Å². The van der Waals surface area contributed by atoms with Crippen LogP contribution in [-0.2, 0) is 11.2 Å². The molecule has 1 aliphatic heterocycles. The molecule has 8 heteroatoms. The summed E-state index contributed by atoms with van der Waals surface area (Å²) in [6.07, 6.45) is 5.98. The summed E-state index contributed by atoms with van der Waals surface area (Å²) in [4.78, 5) is 26.0. The molecule has 1 saturated carbocycles. The maximum absolute atomic E-state index is 13.5. The Morgan fingerprint density at radius 3 is 2.36 bits per heavy atom. The summed E-state index contributed by atoms with van der Waals surface area (Å²) in [6, 6.07) is 9.66. The number of hydrogen-bond donors (Lipinski definition) is 0. The number of carbonyl (C=O) groups is 1. The van der Waals surface area contributed by atoms with E-state index in [1.165, 1.54) is 18.6 Å². The summed E-state index contributed by atoms with van der Waals surface area (Å²) >= 11 is 0. The van der Waals surface area contributed by atoms with Crippen LogP contribution in [0.5, 0.6) is 17.2 Å². The van der Waals surface area contributed by atoms with E-state index >= 15 is 0 Å². The maximum atomic E-state index is 13.5. The maximum Gasteiger partial charge on any atom is 0.269 e. The second kappa shape index (κ2) is 10.1. The standard InChI is InChI=1S/C25H30N2O6/c1-31-23-14-18-12-13-26(25(28)17-6-4-3-5-7-17)22(21(18)15-24(23)32-2)16-33-20-10-8-19(9-11-20)27(29)30/h8-11,14-15,17,22H,3-7,12-13,16H2,1-2H3/t22-/m0/s1. The van der Waals surface area contributed by atoms with Gasteiger partial charge in [0.05, 0.1) is 25.2 Å². The van der Waals surface area contributed by atoms with Crippen molar-refractivity contribution < 1.29 is 23.9 Å². The first-order valence-corrected chi connectivity index (χ1v) is 11.4. The van der Waals surface area contributed by atoms with Gasteiger partial charge in [-0.25, -0.2) is 0 Å². The molecule has 0 unspecified atom stereocenters. The van der Waals surface area contributed by atoms with Gasteiger partial charge in [-0.3, -0.25) is 14.9 Å². The lowest BCUT2D eigenvalue weighted by atomic mass is 9.86. The van der Waals surface area contributed by atoms with Crippen molar-refractivity contribution in [2.75, 3.05) is 27.4 Å². The Morgan fingerprint density at radius 1 is 1.06 bits per heavy atom. The fourth-order valence-corrected chi connectivity index (χ4v) is 4.89. The van der Waals surface area contributed by atoms with Crippen LogP contribution in [0, 0.1) is 16.0 Å². The number of ether oxygens (including phenoxy) is 3. The highest BCUT2D eigenvalue weighted by Gasteiger charge is 2.36. The molecular weight excluding hydrogens is 424 g/mol. The van der Waals surface area contributed by atoms with Crippen molar-refractivity contribution in [3.05, 3.63) is 57.6 Å². The molecule has 1 atom stereocenters.